The molecule has 2 nitrogen and oxygen atoms in total. The Morgan fingerprint density at radius 3 is 2.17 bits per heavy atom. The monoisotopic (exact) mass is 254 g/mol. The molecule has 1 spiro atoms. The fourth-order valence-electron chi connectivity index (χ4n) is 3.71. The van der Waals surface area contributed by atoms with Gasteiger partial charge in [-0.05, 0) is 64.0 Å². The highest BCUT2D eigenvalue weighted by atomic mass is 15.1. The van der Waals surface area contributed by atoms with Crippen molar-refractivity contribution in [2.24, 2.45) is 11.1 Å². The molecule has 108 valence electrons. The topological polar surface area (TPSA) is 29.3 Å². The summed E-state index contributed by atoms with van der Waals surface area (Å²) in [6, 6.07) is 1.38. The maximum atomic E-state index is 5.93. The summed E-state index contributed by atoms with van der Waals surface area (Å²) in [5, 5.41) is 0. The molecule has 18 heavy (non-hydrogen) atoms. The van der Waals surface area contributed by atoms with Crippen molar-refractivity contribution in [3.8, 4) is 0 Å². The first kappa shape index (κ1) is 16.0. The zero-order valence-corrected chi connectivity index (χ0v) is 13.0. The van der Waals surface area contributed by atoms with Gasteiger partial charge < -0.3 is 10.6 Å². The lowest BCUT2D eigenvalue weighted by Crippen LogP contribution is -2.50. The predicted molar refractivity (Wildman–Crippen MR) is 80.8 cm³/mol. The summed E-state index contributed by atoms with van der Waals surface area (Å²) in [7, 11) is 2.31. The predicted octanol–water partition coefficient (Wildman–Crippen LogP) is 3.79. The van der Waals surface area contributed by atoms with Crippen LogP contribution < -0.4 is 5.73 Å². The molecule has 2 aliphatic carbocycles. The van der Waals surface area contributed by atoms with Crippen molar-refractivity contribution in [2.45, 2.75) is 84.2 Å². The summed E-state index contributed by atoms with van der Waals surface area (Å²) < 4.78 is 0. The Hall–Kier alpha value is -0.0800. The van der Waals surface area contributed by atoms with Gasteiger partial charge in [0.15, 0.2) is 0 Å². The maximum Gasteiger partial charge on any atom is 0.00926 e. The van der Waals surface area contributed by atoms with E-state index in [0.29, 0.717) is 11.5 Å². The molecule has 0 aromatic rings. The Morgan fingerprint density at radius 1 is 1.17 bits per heavy atom. The van der Waals surface area contributed by atoms with E-state index >= 15 is 0 Å². The largest absolute Gasteiger partial charge is 0.328 e. The van der Waals surface area contributed by atoms with Gasteiger partial charge in [-0.2, -0.15) is 0 Å². The molecule has 0 heterocycles. The average molecular weight is 254 g/mol. The summed E-state index contributed by atoms with van der Waals surface area (Å²) in [6.45, 7) is 7.56. The highest BCUT2D eigenvalue weighted by Gasteiger charge is 2.44. The normalized spacial score (nSPS) is 35.0. The summed E-state index contributed by atoms with van der Waals surface area (Å²) in [6.07, 6.45) is 11.0. The zero-order chi connectivity index (χ0) is 13.6. The third-order valence-corrected chi connectivity index (χ3v) is 4.89. The van der Waals surface area contributed by atoms with Crippen LogP contribution in [0.1, 0.15) is 72.1 Å². The van der Waals surface area contributed by atoms with Crippen LogP contribution in [0.5, 0.6) is 0 Å². The molecule has 0 atom stereocenters. The summed E-state index contributed by atoms with van der Waals surface area (Å²) >= 11 is 0. The van der Waals surface area contributed by atoms with Gasteiger partial charge in [-0.15, -0.1) is 0 Å². The van der Waals surface area contributed by atoms with E-state index in [-0.39, 0.29) is 0 Å². The fraction of sp³-hybridized carbons (Fsp3) is 1.00. The molecule has 2 aliphatic rings. The van der Waals surface area contributed by atoms with Crippen LogP contribution in [-0.2, 0) is 0 Å². The van der Waals surface area contributed by atoms with E-state index in [1.165, 1.54) is 57.9 Å². The van der Waals surface area contributed by atoms with Crippen LogP contribution in [0, 0.1) is 5.41 Å². The van der Waals surface area contributed by atoms with Crippen molar-refractivity contribution in [3.63, 3.8) is 0 Å². The minimum Gasteiger partial charge on any atom is -0.328 e. The Kier molecular flexibility index (Phi) is 6.65. The second kappa shape index (κ2) is 7.49. The molecule has 0 aromatic carbocycles. The van der Waals surface area contributed by atoms with E-state index in [4.69, 9.17) is 5.73 Å². The second-order valence-corrected chi connectivity index (χ2v) is 6.23. The number of hydrogen-bond acceptors (Lipinski definition) is 2. The van der Waals surface area contributed by atoms with Crippen molar-refractivity contribution in [1.29, 1.82) is 0 Å². The van der Waals surface area contributed by atoms with Gasteiger partial charge in [0.05, 0.1) is 0 Å². The summed E-state index contributed by atoms with van der Waals surface area (Å²) in [4.78, 5) is 2.59. The molecule has 2 saturated carbocycles. The summed E-state index contributed by atoms with van der Waals surface area (Å²) in [5.74, 6) is 0. The molecule has 0 aliphatic heterocycles. The van der Waals surface area contributed by atoms with Crippen molar-refractivity contribution in [1.82, 2.24) is 4.90 Å². The highest BCUT2D eigenvalue weighted by molar-refractivity contribution is 4.99. The highest BCUT2D eigenvalue weighted by Crippen LogP contribution is 2.51. The first-order chi connectivity index (χ1) is 8.65. The van der Waals surface area contributed by atoms with Crippen LogP contribution in [0.3, 0.4) is 0 Å². The number of nitrogens with zero attached hydrogens (tertiary/aromatic N) is 1. The van der Waals surface area contributed by atoms with E-state index in [1.807, 2.05) is 13.8 Å². The van der Waals surface area contributed by atoms with Gasteiger partial charge in [0.1, 0.15) is 0 Å². The standard InChI is InChI=1S/C14H28N2.C2H6/c1-3-4-9-16(2)13-5-7-14(8-6-13)10-12(15)11-14;1-2/h12-13H,3-11,15H2,1-2H3;1-2H3. The quantitative estimate of drug-likeness (QED) is 0.827. The van der Waals surface area contributed by atoms with E-state index in [2.05, 4.69) is 18.9 Å². The van der Waals surface area contributed by atoms with Gasteiger partial charge in [-0.3, -0.25) is 0 Å². The van der Waals surface area contributed by atoms with E-state index in [1.54, 1.807) is 0 Å². The van der Waals surface area contributed by atoms with Crippen LogP contribution in [0.2, 0.25) is 0 Å². The lowest BCUT2D eigenvalue weighted by atomic mass is 9.58. The van der Waals surface area contributed by atoms with Gasteiger partial charge in [-0.1, -0.05) is 27.2 Å². The molecule has 2 N–H and O–H groups in total. The number of rotatable bonds is 4. The first-order valence-corrected chi connectivity index (χ1v) is 8.11. The molecule has 0 saturated heterocycles. The minimum absolute atomic E-state index is 0.523. The molecular weight excluding hydrogens is 220 g/mol. The fourth-order valence-corrected chi connectivity index (χ4v) is 3.71. The molecular formula is C16H34N2. The van der Waals surface area contributed by atoms with Gasteiger partial charge in [0.25, 0.3) is 0 Å². The second-order valence-electron chi connectivity index (χ2n) is 6.23. The number of hydrogen-bond donors (Lipinski definition) is 1. The Morgan fingerprint density at radius 2 is 1.72 bits per heavy atom. The number of unbranched alkanes of at least 4 members (excludes halogenated alkanes) is 1. The van der Waals surface area contributed by atoms with Crippen molar-refractivity contribution in [2.75, 3.05) is 13.6 Å². The molecule has 0 unspecified atom stereocenters. The third-order valence-electron chi connectivity index (χ3n) is 4.89. The number of nitrogens with two attached hydrogens (primary N) is 1. The van der Waals surface area contributed by atoms with Crippen molar-refractivity contribution < 1.29 is 0 Å². The lowest BCUT2D eigenvalue weighted by Gasteiger charge is -2.51. The van der Waals surface area contributed by atoms with E-state index in [9.17, 15) is 0 Å². The Labute approximate surface area is 114 Å². The molecule has 2 heteroatoms. The van der Waals surface area contributed by atoms with E-state index in [0.717, 1.165) is 6.04 Å². The Bertz CT molecular complexity index is 211. The average Bonchev–Trinajstić information content (AvgIpc) is 2.37. The van der Waals surface area contributed by atoms with Gasteiger partial charge in [0.2, 0.25) is 0 Å². The smallest absolute Gasteiger partial charge is 0.00926 e. The van der Waals surface area contributed by atoms with Gasteiger partial charge in [-0.25, -0.2) is 0 Å². The van der Waals surface area contributed by atoms with Crippen LogP contribution in [-0.4, -0.2) is 30.6 Å². The van der Waals surface area contributed by atoms with Crippen molar-refractivity contribution in [3.05, 3.63) is 0 Å². The first-order valence-electron chi connectivity index (χ1n) is 8.11. The maximum absolute atomic E-state index is 5.93. The molecule has 0 radical (unpaired) electrons. The van der Waals surface area contributed by atoms with Crippen LogP contribution in [0.4, 0.5) is 0 Å². The minimum atomic E-state index is 0.523. The van der Waals surface area contributed by atoms with Crippen LogP contribution in [0.25, 0.3) is 0 Å². The molecule has 0 amide bonds. The third kappa shape index (κ3) is 3.96. The lowest BCUT2D eigenvalue weighted by molar-refractivity contribution is 0.0223. The Balaban J connectivity index is 0.000000771. The molecule has 0 aromatic heterocycles. The summed E-state index contributed by atoms with van der Waals surface area (Å²) in [5.41, 5.74) is 6.62. The van der Waals surface area contributed by atoms with Crippen LogP contribution in [0.15, 0.2) is 0 Å². The van der Waals surface area contributed by atoms with E-state index < -0.39 is 0 Å². The molecule has 0 bridgehead atoms. The SMILES string of the molecule is CC.CCCCN(C)C1CCC2(CC1)CC(N)C2. The van der Waals surface area contributed by atoms with Crippen molar-refractivity contribution >= 4 is 0 Å². The zero-order valence-electron chi connectivity index (χ0n) is 13.0. The van der Waals surface area contributed by atoms with Gasteiger partial charge in [0, 0.05) is 12.1 Å². The van der Waals surface area contributed by atoms with Crippen LogP contribution >= 0.6 is 0 Å². The molecule has 2 fully saturated rings. The van der Waals surface area contributed by atoms with Gasteiger partial charge >= 0.3 is 0 Å². The molecule has 2 rings (SSSR count).